The minimum Gasteiger partial charge on any atom is -0.322 e. The summed E-state index contributed by atoms with van der Waals surface area (Å²) < 4.78 is 25.5. The van der Waals surface area contributed by atoms with E-state index in [0.29, 0.717) is 11.3 Å². The number of nitrogens with zero attached hydrogens (tertiary/aromatic N) is 2. The summed E-state index contributed by atoms with van der Waals surface area (Å²) in [7, 11) is 0. The van der Waals surface area contributed by atoms with Gasteiger partial charge in [0, 0.05) is 6.20 Å². The highest BCUT2D eigenvalue weighted by Gasteiger charge is 2.30. The minimum atomic E-state index is -2.50. The number of carbonyl (C=O) groups excluding carboxylic acids is 1. The standard InChI is InChI=1S/C14H16F2N4O.ClH/c1-14(17,10-5-3-2-4-6-10)13(21)19-11-7-18-20(8-11)9-12(15)16;/h2-8,12H,9,17H2,1H3,(H,19,21);1H. The van der Waals surface area contributed by atoms with Gasteiger partial charge in [0.05, 0.1) is 11.9 Å². The van der Waals surface area contributed by atoms with E-state index >= 15 is 0 Å². The Balaban J connectivity index is 0.00000242. The Kier molecular flexibility index (Phi) is 6.01. The fraction of sp³-hybridized carbons (Fsp3) is 0.286. The summed E-state index contributed by atoms with van der Waals surface area (Å²) in [5.74, 6) is -0.440. The van der Waals surface area contributed by atoms with Gasteiger partial charge in [0.15, 0.2) is 0 Å². The maximum absolute atomic E-state index is 12.2. The number of nitrogens with one attached hydrogen (secondary N) is 1. The molecule has 1 amide bonds. The number of alkyl halides is 2. The minimum absolute atomic E-state index is 0. The molecule has 2 rings (SSSR count). The van der Waals surface area contributed by atoms with Gasteiger partial charge in [-0.2, -0.15) is 5.10 Å². The molecule has 0 bridgehead atoms. The van der Waals surface area contributed by atoms with Crippen molar-refractivity contribution in [2.75, 3.05) is 5.32 Å². The Labute approximate surface area is 132 Å². The molecule has 0 aliphatic carbocycles. The smallest absolute Gasteiger partial charge is 0.257 e. The van der Waals surface area contributed by atoms with Crippen LogP contribution in [0.4, 0.5) is 14.5 Å². The second-order valence-electron chi connectivity index (χ2n) is 4.86. The molecule has 1 heterocycles. The number of rotatable bonds is 5. The van der Waals surface area contributed by atoms with E-state index < -0.39 is 24.4 Å². The second-order valence-corrected chi connectivity index (χ2v) is 4.86. The summed E-state index contributed by atoms with van der Waals surface area (Å²) >= 11 is 0. The van der Waals surface area contributed by atoms with Crippen LogP contribution in [0, 0.1) is 0 Å². The number of halogens is 3. The van der Waals surface area contributed by atoms with Crippen LogP contribution in [-0.4, -0.2) is 22.1 Å². The lowest BCUT2D eigenvalue weighted by molar-refractivity contribution is -0.120. The first-order valence-corrected chi connectivity index (χ1v) is 6.36. The van der Waals surface area contributed by atoms with Crippen molar-refractivity contribution in [3.05, 3.63) is 48.3 Å². The Morgan fingerprint density at radius 1 is 1.41 bits per heavy atom. The highest BCUT2D eigenvalue weighted by atomic mass is 35.5. The molecule has 0 radical (unpaired) electrons. The Hall–Kier alpha value is -1.99. The predicted molar refractivity (Wildman–Crippen MR) is 82.1 cm³/mol. The van der Waals surface area contributed by atoms with Crippen molar-refractivity contribution >= 4 is 24.0 Å². The van der Waals surface area contributed by atoms with Gasteiger partial charge in [-0.15, -0.1) is 12.4 Å². The summed E-state index contributed by atoms with van der Waals surface area (Å²) in [6, 6.07) is 8.90. The number of hydrogen-bond acceptors (Lipinski definition) is 3. The molecule has 0 saturated carbocycles. The van der Waals surface area contributed by atoms with E-state index in [1.54, 1.807) is 31.2 Å². The van der Waals surface area contributed by atoms with Gasteiger partial charge in [0.25, 0.3) is 6.43 Å². The lowest BCUT2D eigenvalue weighted by Gasteiger charge is -2.23. The van der Waals surface area contributed by atoms with Gasteiger partial charge in [-0.1, -0.05) is 30.3 Å². The lowest BCUT2D eigenvalue weighted by atomic mass is 9.92. The van der Waals surface area contributed by atoms with Crippen LogP contribution in [-0.2, 0) is 16.9 Å². The van der Waals surface area contributed by atoms with Crippen LogP contribution in [0.15, 0.2) is 42.7 Å². The molecule has 2 aromatic rings. The zero-order chi connectivity index (χ0) is 15.5. The molecular weight excluding hydrogens is 314 g/mol. The zero-order valence-corrected chi connectivity index (χ0v) is 12.7. The molecule has 0 saturated heterocycles. The van der Waals surface area contributed by atoms with E-state index in [-0.39, 0.29) is 12.4 Å². The number of anilines is 1. The normalized spacial score (nSPS) is 13.3. The van der Waals surface area contributed by atoms with Crippen molar-refractivity contribution in [2.24, 2.45) is 5.73 Å². The number of aromatic nitrogens is 2. The zero-order valence-electron chi connectivity index (χ0n) is 11.9. The highest BCUT2D eigenvalue weighted by molar-refractivity contribution is 5.98. The molecule has 120 valence electrons. The van der Waals surface area contributed by atoms with E-state index in [4.69, 9.17) is 5.73 Å². The number of hydrogen-bond donors (Lipinski definition) is 2. The van der Waals surface area contributed by atoms with Crippen LogP contribution in [0.5, 0.6) is 0 Å². The largest absolute Gasteiger partial charge is 0.322 e. The van der Waals surface area contributed by atoms with Crippen LogP contribution < -0.4 is 11.1 Å². The summed E-state index contributed by atoms with van der Waals surface area (Å²) in [4.78, 5) is 12.2. The molecule has 22 heavy (non-hydrogen) atoms. The number of carbonyl (C=O) groups is 1. The first-order chi connectivity index (χ1) is 9.89. The molecule has 5 nitrogen and oxygen atoms in total. The SMILES string of the molecule is CC(N)(C(=O)Nc1cnn(CC(F)F)c1)c1ccccc1.Cl. The fourth-order valence-corrected chi connectivity index (χ4v) is 1.85. The van der Waals surface area contributed by atoms with Gasteiger partial charge in [-0.3, -0.25) is 9.48 Å². The van der Waals surface area contributed by atoms with Gasteiger partial charge in [-0.05, 0) is 12.5 Å². The molecule has 1 aromatic heterocycles. The molecule has 8 heteroatoms. The van der Waals surface area contributed by atoms with Gasteiger partial charge in [-0.25, -0.2) is 8.78 Å². The average Bonchev–Trinajstić information content (AvgIpc) is 2.86. The number of benzene rings is 1. The predicted octanol–water partition coefficient (Wildman–Crippen LogP) is 2.38. The lowest BCUT2D eigenvalue weighted by Crippen LogP contribution is -2.45. The van der Waals surface area contributed by atoms with E-state index in [9.17, 15) is 13.6 Å². The maximum Gasteiger partial charge on any atom is 0.257 e. The van der Waals surface area contributed by atoms with Crippen molar-refractivity contribution in [1.82, 2.24) is 9.78 Å². The maximum atomic E-state index is 12.2. The quantitative estimate of drug-likeness (QED) is 0.884. The van der Waals surface area contributed by atoms with Crippen molar-refractivity contribution in [3.63, 3.8) is 0 Å². The Morgan fingerprint density at radius 3 is 2.64 bits per heavy atom. The van der Waals surface area contributed by atoms with Gasteiger partial charge < -0.3 is 11.1 Å². The van der Waals surface area contributed by atoms with Crippen LogP contribution in [0.1, 0.15) is 12.5 Å². The molecular formula is C14H17ClF2N4O. The monoisotopic (exact) mass is 330 g/mol. The van der Waals surface area contributed by atoms with E-state index in [2.05, 4.69) is 10.4 Å². The van der Waals surface area contributed by atoms with Crippen LogP contribution in [0.25, 0.3) is 0 Å². The third-order valence-corrected chi connectivity index (χ3v) is 3.06. The van der Waals surface area contributed by atoms with Gasteiger partial charge in [0.2, 0.25) is 5.91 Å². The summed E-state index contributed by atoms with van der Waals surface area (Å²) in [5, 5.41) is 6.33. The summed E-state index contributed by atoms with van der Waals surface area (Å²) in [6.07, 6.45) is 0.143. The molecule has 0 aliphatic rings. The first kappa shape index (κ1) is 18.1. The van der Waals surface area contributed by atoms with Crippen molar-refractivity contribution in [3.8, 4) is 0 Å². The molecule has 1 unspecified atom stereocenters. The van der Waals surface area contributed by atoms with E-state index in [1.807, 2.05) is 6.07 Å². The third-order valence-electron chi connectivity index (χ3n) is 3.06. The average molecular weight is 331 g/mol. The topological polar surface area (TPSA) is 72.9 Å². The fourth-order valence-electron chi connectivity index (χ4n) is 1.85. The van der Waals surface area contributed by atoms with Crippen molar-refractivity contribution < 1.29 is 13.6 Å². The van der Waals surface area contributed by atoms with Gasteiger partial charge in [0.1, 0.15) is 12.1 Å². The van der Waals surface area contributed by atoms with Crippen LogP contribution >= 0.6 is 12.4 Å². The molecule has 1 atom stereocenters. The van der Waals surface area contributed by atoms with E-state index in [1.165, 1.54) is 12.4 Å². The molecule has 3 N–H and O–H groups in total. The second kappa shape index (κ2) is 7.33. The molecule has 0 spiro atoms. The Morgan fingerprint density at radius 2 is 2.05 bits per heavy atom. The van der Waals surface area contributed by atoms with Crippen LogP contribution in [0.3, 0.4) is 0 Å². The summed E-state index contributed by atoms with van der Waals surface area (Å²) in [5.41, 5.74) is 5.81. The summed E-state index contributed by atoms with van der Waals surface area (Å²) in [6.45, 7) is 1.07. The number of amides is 1. The number of nitrogens with two attached hydrogens (primary N) is 1. The Bertz CT molecular complexity index is 616. The molecule has 1 aromatic carbocycles. The molecule has 0 fully saturated rings. The van der Waals surface area contributed by atoms with Crippen molar-refractivity contribution in [1.29, 1.82) is 0 Å². The highest BCUT2D eigenvalue weighted by Crippen LogP contribution is 2.19. The van der Waals surface area contributed by atoms with Gasteiger partial charge >= 0.3 is 0 Å². The van der Waals surface area contributed by atoms with E-state index in [0.717, 1.165) is 4.68 Å². The molecule has 0 aliphatic heterocycles. The van der Waals surface area contributed by atoms with Crippen molar-refractivity contribution in [2.45, 2.75) is 25.4 Å². The third kappa shape index (κ3) is 4.25. The van der Waals surface area contributed by atoms with Crippen LogP contribution in [0.2, 0.25) is 0 Å². The first-order valence-electron chi connectivity index (χ1n) is 6.36.